The van der Waals surface area contributed by atoms with Gasteiger partial charge in [-0.3, -0.25) is 9.59 Å². The molecule has 130 valence electrons. The van der Waals surface area contributed by atoms with Crippen LogP contribution in [0.25, 0.3) is 0 Å². The maximum Gasteiger partial charge on any atom is 0.266 e. The maximum atomic E-state index is 12.1. The average molecular weight is 340 g/mol. The number of fused-ring (bicyclic) bond motifs is 1. The fourth-order valence-corrected chi connectivity index (χ4v) is 2.71. The number of hydrogen-bond donors (Lipinski definition) is 2. The van der Waals surface area contributed by atoms with Crippen molar-refractivity contribution in [1.29, 1.82) is 0 Å². The predicted octanol–water partition coefficient (Wildman–Crippen LogP) is 2.14. The molecule has 0 saturated carbocycles. The molecule has 2 aromatic carbocycles. The second-order valence-corrected chi connectivity index (χ2v) is 5.71. The first kappa shape index (κ1) is 16.8. The van der Waals surface area contributed by atoms with Gasteiger partial charge in [-0.1, -0.05) is 30.3 Å². The molecule has 25 heavy (non-hydrogen) atoms. The Kier molecular flexibility index (Phi) is 5.18. The largest absolute Gasteiger partial charge is 0.496 e. The van der Waals surface area contributed by atoms with Crippen LogP contribution in [0.4, 0.5) is 5.69 Å². The van der Waals surface area contributed by atoms with Crippen molar-refractivity contribution in [3.8, 4) is 11.5 Å². The van der Waals surface area contributed by atoms with Crippen molar-refractivity contribution in [2.45, 2.75) is 18.9 Å². The van der Waals surface area contributed by atoms with Crippen molar-refractivity contribution in [1.82, 2.24) is 5.32 Å². The van der Waals surface area contributed by atoms with E-state index >= 15 is 0 Å². The lowest BCUT2D eigenvalue weighted by molar-refractivity contribution is -0.130. The van der Waals surface area contributed by atoms with E-state index in [2.05, 4.69) is 10.6 Å². The second kappa shape index (κ2) is 7.70. The summed E-state index contributed by atoms with van der Waals surface area (Å²) in [6.45, 7) is 0.462. The second-order valence-electron chi connectivity index (χ2n) is 5.71. The molecule has 0 spiro atoms. The molecule has 1 aliphatic rings. The summed E-state index contributed by atoms with van der Waals surface area (Å²) in [4.78, 5) is 24.1. The number of rotatable bonds is 6. The van der Waals surface area contributed by atoms with Crippen molar-refractivity contribution in [2.75, 3.05) is 19.0 Å². The van der Waals surface area contributed by atoms with Crippen molar-refractivity contribution in [3.63, 3.8) is 0 Å². The zero-order valence-electron chi connectivity index (χ0n) is 14.0. The fourth-order valence-electron chi connectivity index (χ4n) is 2.71. The molecule has 1 atom stereocenters. The minimum Gasteiger partial charge on any atom is -0.496 e. The zero-order valence-corrected chi connectivity index (χ0v) is 14.0. The normalized spacial score (nSPS) is 15.6. The van der Waals surface area contributed by atoms with Crippen LogP contribution < -0.4 is 20.1 Å². The Bertz CT molecular complexity index is 776. The third-order valence-electron chi connectivity index (χ3n) is 3.99. The molecular weight excluding hydrogens is 320 g/mol. The van der Waals surface area contributed by atoms with E-state index in [1.807, 2.05) is 36.4 Å². The maximum absolute atomic E-state index is 12.1. The van der Waals surface area contributed by atoms with Gasteiger partial charge < -0.3 is 20.1 Å². The highest BCUT2D eigenvalue weighted by Gasteiger charge is 2.29. The first-order chi connectivity index (χ1) is 12.2. The van der Waals surface area contributed by atoms with Gasteiger partial charge in [0.15, 0.2) is 6.10 Å². The number of methoxy groups -OCH3 is 1. The lowest BCUT2D eigenvalue weighted by Crippen LogP contribution is -2.41. The van der Waals surface area contributed by atoms with E-state index in [4.69, 9.17) is 9.47 Å². The van der Waals surface area contributed by atoms with Crippen LogP contribution in [0.3, 0.4) is 0 Å². The summed E-state index contributed by atoms with van der Waals surface area (Å²) in [6.07, 6.45) is -0.191. The summed E-state index contributed by atoms with van der Waals surface area (Å²) in [7, 11) is 1.62. The molecule has 1 aliphatic heterocycles. The van der Waals surface area contributed by atoms with Crippen LogP contribution in [-0.4, -0.2) is 31.6 Å². The molecule has 2 amide bonds. The van der Waals surface area contributed by atoms with Gasteiger partial charge in [-0.15, -0.1) is 0 Å². The van der Waals surface area contributed by atoms with Gasteiger partial charge in [0.1, 0.15) is 11.5 Å². The van der Waals surface area contributed by atoms with Crippen molar-refractivity contribution < 1.29 is 19.1 Å². The summed E-state index contributed by atoms with van der Waals surface area (Å²) in [5.41, 5.74) is 1.64. The van der Waals surface area contributed by atoms with Crippen LogP contribution in [0.5, 0.6) is 11.5 Å². The van der Waals surface area contributed by atoms with Gasteiger partial charge in [-0.05, 0) is 30.2 Å². The summed E-state index contributed by atoms with van der Waals surface area (Å²) >= 11 is 0. The van der Waals surface area contributed by atoms with E-state index in [0.717, 1.165) is 11.3 Å². The Labute approximate surface area is 146 Å². The topological polar surface area (TPSA) is 76.7 Å². The molecule has 6 nitrogen and oxygen atoms in total. The monoisotopic (exact) mass is 340 g/mol. The third kappa shape index (κ3) is 4.09. The van der Waals surface area contributed by atoms with Crippen LogP contribution in [0, 0.1) is 0 Å². The minimum absolute atomic E-state index is 0.0217. The molecule has 0 fully saturated rings. The van der Waals surface area contributed by atoms with Crippen LogP contribution >= 0.6 is 0 Å². The number of amides is 2. The van der Waals surface area contributed by atoms with Gasteiger partial charge in [0.05, 0.1) is 19.2 Å². The fraction of sp³-hybridized carbons (Fsp3) is 0.263. The van der Waals surface area contributed by atoms with E-state index in [9.17, 15) is 9.59 Å². The molecule has 2 N–H and O–H groups in total. The smallest absolute Gasteiger partial charge is 0.266 e. The Balaban J connectivity index is 1.50. The van der Waals surface area contributed by atoms with Gasteiger partial charge in [-0.25, -0.2) is 0 Å². The molecule has 1 heterocycles. The summed E-state index contributed by atoms with van der Waals surface area (Å²) in [5, 5.41) is 5.57. The van der Waals surface area contributed by atoms with Crippen LogP contribution in [-0.2, 0) is 16.0 Å². The predicted molar refractivity (Wildman–Crippen MR) is 93.8 cm³/mol. The number of carbonyl (C=O) groups excluding carboxylic acids is 2. The number of benzene rings is 2. The number of carbonyl (C=O) groups is 2. The molecule has 0 aliphatic carbocycles. The molecule has 2 aromatic rings. The van der Waals surface area contributed by atoms with Gasteiger partial charge >= 0.3 is 0 Å². The van der Waals surface area contributed by atoms with Crippen LogP contribution in [0.2, 0.25) is 0 Å². The quantitative estimate of drug-likeness (QED) is 0.845. The number of nitrogens with one attached hydrogen (secondary N) is 2. The van der Waals surface area contributed by atoms with Gasteiger partial charge in [0.25, 0.3) is 5.91 Å². The van der Waals surface area contributed by atoms with E-state index in [-0.39, 0.29) is 18.2 Å². The van der Waals surface area contributed by atoms with Gasteiger partial charge in [0.2, 0.25) is 5.91 Å². The van der Waals surface area contributed by atoms with Gasteiger partial charge in [0, 0.05) is 6.54 Å². The molecule has 6 heteroatoms. The minimum atomic E-state index is -0.818. The Morgan fingerprint density at radius 2 is 1.96 bits per heavy atom. The lowest BCUT2D eigenvalue weighted by atomic mass is 10.1. The average Bonchev–Trinajstić information content (AvgIpc) is 2.63. The first-order valence-electron chi connectivity index (χ1n) is 8.12. The van der Waals surface area contributed by atoms with Crippen molar-refractivity contribution in [2.24, 2.45) is 0 Å². The SMILES string of the molecule is COc1ccccc1CCNC(=O)CC1Oc2ccccc2NC1=O. The number of anilines is 1. The lowest BCUT2D eigenvalue weighted by Gasteiger charge is -2.25. The number of hydrogen-bond acceptors (Lipinski definition) is 4. The Morgan fingerprint density at radius 3 is 2.80 bits per heavy atom. The highest BCUT2D eigenvalue weighted by molar-refractivity contribution is 5.99. The first-order valence-corrected chi connectivity index (χ1v) is 8.12. The van der Waals surface area contributed by atoms with Crippen molar-refractivity contribution in [3.05, 3.63) is 54.1 Å². The highest BCUT2D eigenvalue weighted by atomic mass is 16.5. The van der Waals surface area contributed by atoms with E-state index in [1.54, 1.807) is 19.2 Å². The molecule has 0 radical (unpaired) electrons. The van der Waals surface area contributed by atoms with E-state index in [0.29, 0.717) is 24.4 Å². The summed E-state index contributed by atoms with van der Waals surface area (Å²) in [6, 6.07) is 14.8. The zero-order chi connectivity index (χ0) is 17.6. The highest BCUT2D eigenvalue weighted by Crippen LogP contribution is 2.29. The summed E-state index contributed by atoms with van der Waals surface area (Å²) < 4.78 is 10.9. The Morgan fingerprint density at radius 1 is 1.20 bits per heavy atom. The molecule has 1 unspecified atom stereocenters. The molecule has 0 aromatic heterocycles. The van der Waals surface area contributed by atoms with E-state index < -0.39 is 6.10 Å². The third-order valence-corrected chi connectivity index (χ3v) is 3.99. The summed E-state index contributed by atoms with van der Waals surface area (Å²) in [5.74, 6) is 0.838. The number of ether oxygens (including phenoxy) is 2. The number of para-hydroxylation sites is 3. The molecule has 3 rings (SSSR count). The van der Waals surface area contributed by atoms with Crippen LogP contribution in [0.15, 0.2) is 48.5 Å². The molecular formula is C19H20N2O4. The Hall–Kier alpha value is -3.02. The van der Waals surface area contributed by atoms with Crippen LogP contribution in [0.1, 0.15) is 12.0 Å². The van der Waals surface area contributed by atoms with Gasteiger partial charge in [-0.2, -0.15) is 0 Å². The standard InChI is InChI=1S/C19H20N2O4/c1-24-15-8-4-2-6-13(15)10-11-20-18(22)12-17-19(23)21-14-7-3-5-9-16(14)25-17/h2-9,17H,10-12H2,1H3,(H,20,22)(H,21,23). The molecule has 0 saturated heterocycles. The molecule has 0 bridgehead atoms. The van der Waals surface area contributed by atoms with Crippen molar-refractivity contribution >= 4 is 17.5 Å². The van der Waals surface area contributed by atoms with E-state index in [1.165, 1.54) is 0 Å².